The van der Waals surface area contributed by atoms with E-state index in [0.717, 1.165) is 45.2 Å². The maximum Gasteiger partial charge on any atom is 0.133 e. The monoisotopic (exact) mass is 338 g/mol. The van der Waals surface area contributed by atoms with Crippen molar-refractivity contribution in [1.82, 2.24) is 9.97 Å². The normalized spacial score (nSPS) is 10.5. The van der Waals surface area contributed by atoms with E-state index in [4.69, 9.17) is 4.74 Å². The van der Waals surface area contributed by atoms with Gasteiger partial charge >= 0.3 is 0 Å². The van der Waals surface area contributed by atoms with E-state index in [2.05, 4.69) is 38.5 Å². The summed E-state index contributed by atoms with van der Waals surface area (Å²) in [4.78, 5) is 8.98. The highest BCUT2D eigenvalue weighted by molar-refractivity contribution is 9.10. The molecule has 0 radical (unpaired) electrons. The summed E-state index contributed by atoms with van der Waals surface area (Å²) in [5.74, 6) is 2.39. The van der Waals surface area contributed by atoms with Gasteiger partial charge in [0, 0.05) is 17.7 Å². The van der Waals surface area contributed by atoms with Gasteiger partial charge in [-0.15, -0.1) is 0 Å². The smallest absolute Gasteiger partial charge is 0.133 e. The summed E-state index contributed by atoms with van der Waals surface area (Å²) in [5, 5.41) is 0. The summed E-state index contributed by atoms with van der Waals surface area (Å²) < 4.78 is 6.15. The van der Waals surface area contributed by atoms with Crippen LogP contribution in [0.1, 0.15) is 11.5 Å². The third-order valence-corrected chi connectivity index (χ3v) is 3.53. The number of hydrogen-bond donors (Lipinski definition) is 1. The highest BCUT2D eigenvalue weighted by atomic mass is 79.9. The SMILES string of the molecule is COc1ccc(-c2cc(C)nc(CCS)n2)cc1Br. The molecule has 19 heavy (non-hydrogen) atoms. The summed E-state index contributed by atoms with van der Waals surface area (Å²) >= 11 is 7.72. The van der Waals surface area contributed by atoms with Gasteiger partial charge < -0.3 is 4.74 Å². The molecule has 1 aromatic heterocycles. The molecule has 1 aromatic carbocycles. The largest absolute Gasteiger partial charge is 0.496 e. The molecule has 2 rings (SSSR count). The van der Waals surface area contributed by atoms with E-state index in [1.807, 2.05) is 31.2 Å². The molecule has 0 atom stereocenters. The zero-order valence-corrected chi connectivity index (χ0v) is 13.3. The van der Waals surface area contributed by atoms with Crippen molar-refractivity contribution in [1.29, 1.82) is 0 Å². The summed E-state index contributed by atoms with van der Waals surface area (Å²) in [6.45, 7) is 1.98. The van der Waals surface area contributed by atoms with Crippen LogP contribution in [0.2, 0.25) is 0 Å². The van der Waals surface area contributed by atoms with Crippen molar-refractivity contribution in [3.05, 3.63) is 40.3 Å². The molecule has 100 valence electrons. The van der Waals surface area contributed by atoms with Crippen LogP contribution in [0.5, 0.6) is 5.75 Å². The molecule has 1 heterocycles. The number of nitrogens with zero attached hydrogens (tertiary/aromatic N) is 2. The lowest BCUT2D eigenvalue weighted by molar-refractivity contribution is 0.412. The van der Waals surface area contributed by atoms with Crippen LogP contribution in [0, 0.1) is 6.92 Å². The first-order chi connectivity index (χ1) is 9.13. The zero-order valence-electron chi connectivity index (χ0n) is 10.9. The molecule has 0 fully saturated rings. The molecule has 2 aromatic rings. The Morgan fingerprint density at radius 1 is 1.26 bits per heavy atom. The van der Waals surface area contributed by atoms with Crippen molar-refractivity contribution in [3.63, 3.8) is 0 Å². The molecule has 0 amide bonds. The van der Waals surface area contributed by atoms with E-state index in [1.54, 1.807) is 7.11 Å². The number of aryl methyl sites for hydroxylation is 2. The first-order valence-corrected chi connectivity index (χ1v) is 7.36. The second-order valence-corrected chi connectivity index (χ2v) is 5.44. The van der Waals surface area contributed by atoms with Crippen molar-refractivity contribution >= 4 is 28.6 Å². The number of aromatic nitrogens is 2. The van der Waals surface area contributed by atoms with Gasteiger partial charge in [-0.25, -0.2) is 9.97 Å². The van der Waals surface area contributed by atoms with Crippen LogP contribution in [-0.4, -0.2) is 22.8 Å². The molecule has 0 aliphatic heterocycles. The number of ether oxygens (including phenoxy) is 1. The molecule has 5 heteroatoms. The summed E-state index contributed by atoms with van der Waals surface area (Å²) in [6.07, 6.45) is 0.773. The number of benzene rings is 1. The van der Waals surface area contributed by atoms with E-state index in [9.17, 15) is 0 Å². The van der Waals surface area contributed by atoms with E-state index in [0.29, 0.717) is 0 Å². The Kier molecular flexibility index (Phi) is 4.82. The van der Waals surface area contributed by atoms with Gasteiger partial charge in [-0.1, -0.05) is 0 Å². The minimum Gasteiger partial charge on any atom is -0.496 e. The molecule has 0 aliphatic carbocycles. The quantitative estimate of drug-likeness (QED) is 0.863. The molecular weight excluding hydrogens is 324 g/mol. The van der Waals surface area contributed by atoms with E-state index in [-0.39, 0.29) is 0 Å². The first kappa shape index (κ1) is 14.3. The van der Waals surface area contributed by atoms with Gasteiger partial charge in [0.25, 0.3) is 0 Å². The molecule has 0 unspecified atom stereocenters. The number of rotatable bonds is 4. The highest BCUT2D eigenvalue weighted by Gasteiger charge is 2.07. The van der Waals surface area contributed by atoms with Crippen molar-refractivity contribution in [2.24, 2.45) is 0 Å². The fraction of sp³-hybridized carbons (Fsp3) is 0.286. The second kappa shape index (κ2) is 6.39. The van der Waals surface area contributed by atoms with E-state index < -0.39 is 0 Å². The molecule has 0 bridgehead atoms. The second-order valence-electron chi connectivity index (χ2n) is 4.13. The van der Waals surface area contributed by atoms with Gasteiger partial charge in [0.1, 0.15) is 11.6 Å². The number of thiol groups is 1. The third-order valence-electron chi connectivity index (χ3n) is 2.68. The maximum atomic E-state index is 5.23. The van der Waals surface area contributed by atoms with Crippen LogP contribution in [0.3, 0.4) is 0 Å². The predicted octanol–water partition coefficient (Wildman–Crippen LogP) is 3.70. The first-order valence-electron chi connectivity index (χ1n) is 5.93. The predicted molar refractivity (Wildman–Crippen MR) is 84.0 cm³/mol. The van der Waals surface area contributed by atoms with Gasteiger partial charge in [0.2, 0.25) is 0 Å². The van der Waals surface area contributed by atoms with Gasteiger partial charge in [-0.2, -0.15) is 12.6 Å². The summed E-state index contributed by atoms with van der Waals surface area (Å²) in [6, 6.07) is 7.91. The van der Waals surface area contributed by atoms with Crippen molar-refractivity contribution in [3.8, 4) is 17.0 Å². The average Bonchev–Trinajstić information content (AvgIpc) is 2.38. The Hall–Kier alpha value is -1.07. The lowest BCUT2D eigenvalue weighted by Crippen LogP contribution is -2.00. The fourth-order valence-corrected chi connectivity index (χ4v) is 2.56. The highest BCUT2D eigenvalue weighted by Crippen LogP contribution is 2.29. The van der Waals surface area contributed by atoms with Crippen LogP contribution < -0.4 is 4.74 Å². The molecule has 0 saturated carbocycles. The van der Waals surface area contributed by atoms with Crippen molar-refractivity contribution in [2.75, 3.05) is 12.9 Å². The molecule has 0 aliphatic rings. The summed E-state index contributed by atoms with van der Waals surface area (Å²) in [5.41, 5.74) is 2.93. The Labute approximate surface area is 127 Å². The Balaban J connectivity index is 2.43. The van der Waals surface area contributed by atoms with Crippen molar-refractivity contribution in [2.45, 2.75) is 13.3 Å². The molecular formula is C14H15BrN2OS. The lowest BCUT2D eigenvalue weighted by atomic mass is 10.1. The maximum absolute atomic E-state index is 5.23. The topological polar surface area (TPSA) is 35.0 Å². The zero-order chi connectivity index (χ0) is 13.8. The number of hydrogen-bond acceptors (Lipinski definition) is 4. The minimum absolute atomic E-state index is 0.745. The average molecular weight is 339 g/mol. The number of methoxy groups -OCH3 is 1. The Morgan fingerprint density at radius 2 is 2.05 bits per heavy atom. The summed E-state index contributed by atoms with van der Waals surface area (Å²) in [7, 11) is 1.65. The van der Waals surface area contributed by atoms with Gasteiger partial charge in [0.05, 0.1) is 17.3 Å². The van der Waals surface area contributed by atoms with Gasteiger partial charge in [-0.3, -0.25) is 0 Å². The van der Waals surface area contributed by atoms with Crippen LogP contribution in [0.25, 0.3) is 11.3 Å². The van der Waals surface area contributed by atoms with E-state index in [1.165, 1.54) is 0 Å². The Morgan fingerprint density at radius 3 is 2.68 bits per heavy atom. The molecule has 3 nitrogen and oxygen atoms in total. The molecule has 0 N–H and O–H groups in total. The van der Waals surface area contributed by atoms with Crippen LogP contribution in [0.4, 0.5) is 0 Å². The molecule has 0 saturated heterocycles. The van der Waals surface area contributed by atoms with Crippen molar-refractivity contribution < 1.29 is 4.74 Å². The Bertz CT molecular complexity index is 590. The number of halogens is 1. The molecule has 0 spiro atoms. The van der Waals surface area contributed by atoms with Crippen LogP contribution >= 0.6 is 28.6 Å². The lowest BCUT2D eigenvalue weighted by Gasteiger charge is -2.08. The minimum atomic E-state index is 0.745. The third kappa shape index (κ3) is 3.48. The van der Waals surface area contributed by atoms with E-state index >= 15 is 0 Å². The fourth-order valence-electron chi connectivity index (χ4n) is 1.82. The van der Waals surface area contributed by atoms with Crippen LogP contribution in [0.15, 0.2) is 28.7 Å². The van der Waals surface area contributed by atoms with Gasteiger partial charge in [0.15, 0.2) is 0 Å². The van der Waals surface area contributed by atoms with Gasteiger partial charge in [-0.05, 0) is 52.9 Å². The standard InChI is InChI=1S/C14H15BrN2OS/c1-9-7-12(17-14(16-9)5-6-19)10-3-4-13(18-2)11(15)8-10/h3-4,7-8,19H,5-6H2,1-2H3. The van der Waals surface area contributed by atoms with Crippen LogP contribution in [-0.2, 0) is 6.42 Å².